The third kappa shape index (κ3) is 7.29. The number of amides is 1. The van der Waals surface area contributed by atoms with Gasteiger partial charge in [0.15, 0.2) is 0 Å². The van der Waals surface area contributed by atoms with Gasteiger partial charge in [-0.15, -0.1) is 0 Å². The molecule has 1 amide bonds. The first-order chi connectivity index (χ1) is 17.3. The maximum Gasteiger partial charge on any atom is 0.342 e. The van der Waals surface area contributed by atoms with Crippen LogP contribution in [0.5, 0.6) is 17.2 Å². The summed E-state index contributed by atoms with van der Waals surface area (Å²) in [5, 5.41) is 3.32. The largest absolute Gasteiger partial charge is 0.497 e. The number of hydrogen-bond donors (Lipinski definition) is 2. The zero-order valence-electron chi connectivity index (χ0n) is 20.7. The van der Waals surface area contributed by atoms with E-state index in [1.807, 2.05) is 6.07 Å². The molecule has 0 saturated carbocycles. The number of benzene rings is 2. The number of nitrogens with one attached hydrogen (secondary N) is 1. The van der Waals surface area contributed by atoms with Gasteiger partial charge < -0.3 is 30.0 Å². The molecule has 0 unspecified atom stereocenters. The van der Waals surface area contributed by atoms with E-state index in [2.05, 4.69) is 10.2 Å². The standard InChI is InChI=1S/C26H32ClN3O6/c1-33-19-5-6-23(34-2)17(14-19)4-7-25(31)29-18-8-10-30(11-9-18)12-13-36-26(32)20-15-21(27)22(28)16-24(20)35-3/h4-7,14-16,18H,8-13,28H2,1-3H3,(H,29,31)/b7-4+. The summed E-state index contributed by atoms with van der Waals surface area (Å²) in [4.78, 5) is 27.1. The van der Waals surface area contributed by atoms with Crippen LogP contribution in [0.4, 0.5) is 5.69 Å². The molecule has 36 heavy (non-hydrogen) atoms. The maximum atomic E-state index is 12.5. The van der Waals surface area contributed by atoms with E-state index >= 15 is 0 Å². The average molecular weight is 518 g/mol. The Morgan fingerprint density at radius 3 is 2.47 bits per heavy atom. The van der Waals surface area contributed by atoms with Gasteiger partial charge in [0.1, 0.15) is 29.4 Å². The van der Waals surface area contributed by atoms with E-state index < -0.39 is 5.97 Å². The number of likely N-dealkylation sites (tertiary alicyclic amines) is 1. The highest BCUT2D eigenvalue weighted by Gasteiger charge is 2.21. The lowest BCUT2D eigenvalue weighted by Crippen LogP contribution is -2.45. The molecule has 0 spiro atoms. The van der Waals surface area contributed by atoms with Crippen molar-refractivity contribution in [2.24, 2.45) is 0 Å². The Balaban J connectivity index is 1.42. The van der Waals surface area contributed by atoms with Gasteiger partial charge in [-0.1, -0.05) is 11.6 Å². The van der Waals surface area contributed by atoms with Crippen LogP contribution >= 0.6 is 11.6 Å². The fourth-order valence-corrected chi connectivity index (χ4v) is 4.09. The SMILES string of the molecule is COc1ccc(OC)c(/C=C/C(=O)NC2CCN(CCOC(=O)c3cc(Cl)c(N)cc3OC)CC2)c1. The summed E-state index contributed by atoms with van der Waals surface area (Å²) in [6.07, 6.45) is 4.82. The number of nitrogens with zero attached hydrogens (tertiary/aromatic N) is 1. The summed E-state index contributed by atoms with van der Waals surface area (Å²) >= 11 is 6.03. The van der Waals surface area contributed by atoms with Crippen LogP contribution in [0.15, 0.2) is 36.4 Å². The summed E-state index contributed by atoms with van der Waals surface area (Å²) in [7, 11) is 4.62. The van der Waals surface area contributed by atoms with Gasteiger partial charge in [-0.25, -0.2) is 4.79 Å². The van der Waals surface area contributed by atoms with Gasteiger partial charge in [0, 0.05) is 43.4 Å². The minimum Gasteiger partial charge on any atom is -0.497 e. The van der Waals surface area contributed by atoms with Crippen molar-refractivity contribution in [1.29, 1.82) is 0 Å². The van der Waals surface area contributed by atoms with E-state index in [9.17, 15) is 9.59 Å². The van der Waals surface area contributed by atoms with Gasteiger partial charge in [-0.3, -0.25) is 9.69 Å². The van der Waals surface area contributed by atoms with Crippen molar-refractivity contribution in [3.63, 3.8) is 0 Å². The number of anilines is 1. The van der Waals surface area contributed by atoms with Crippen LogP contribution in [0.3, 0.4) is 0 Å². The van der Waals surface area contributed by atoms with Gasteiger partial charge in [-0.05, 0) is 43.2 Å². The highest BCUT2D eigenvalue weighted by molar-refractivity contribution is 6.33. The quantitative estimate of drug-likeness (QED) is 0.280. The van der Waals surface area contributed by atoms with Crippen LogP contribution in [0.25, 0.3) is 6.08 Å². The summed E-state index contributed by atoms with van der Waals surface area (Å²) in [6, 6.07) is 8.44. The van der Waals surface area contributed by atoms with Crippen molar-refractivity contribution in [2.75, 3.05) is 53.3 Å². The number of nitrogens with two attached hydrogens (primary N) is 1. The average Bonchev–Trinajstić information content (AvgIpc) is 2.89. The molecule has 3 rings (SSSR count). The normalized spacial score (nSPS) is 14.4. The van der Waals surface area contributed by atoms with Crippen molar-refractivity contribution < 1.29 is 28.5 Å². The van der Waals surface area contributed by atoms with Crippen LogP contribution in [0, 0.1) is 0 Å². The third-order valence-corrected chi connectivity index (χ3v) is 6.29. The maximum absolute atomic E-state index is 12.5. The second-order valence-corrected chi connectivity index (χ2v) is 8.68. The topological polar surface area (TPSA) is 112 Å². The second-order valence-electron chi connectivity index (χ2n) is 8.28. The molecule has 1 heterocycles. The molecule has 1 saturated heterocycles. The lowest BCUT2D eigenvalue weighted by molar-refractivity contribution is -0.117. The van der Waals surface area contributed by atoms with Crippen molar-refractivity contribution in [3.8, 4) is 17.2 Å². The summed E-state index contributed by atoms with van der Waals surface area (Å²) in [5.74, 6) is 0.980. The number of methoxy groups -OCH3 is 3. The van der Waals surface area contributed by atoms with E-state index in [1.54, 1.807) is 32.4 Å². The van der Waals surface area contributed by atoms with Crippen LogP contribution in [-0.4, -0.2) is 70.4 Å². The number of carbonyl (C=O) groups excluding carboxylic acids is 2. The Morgan fingerprint density at radius 1 is 1.08 bits per heavy atom. The summed E-state index contributed by atoms with van der Waals surface area (Å²) < 4.78 is 21.2. The number of halogens is 1. The predicted octanol–water partition coefficient (Wildman–Crippen LogP) is 3.40. The molecule has 10 heteroatoms. The molecule has 0 radical (unpaired) electrons. The number of rotatable bonds is 10. The number of carbonyl (C=O) groups is 2. The van der Waals surface area contributed by atoms with E-state index in [0.29, 0.717) is 29.5 Å². The van der Waals surface area contributed by atoms with Crippen LogP contribution < -0.4 is 25.3 Å². The molecule has 3 N–H and O–H groups in total. The van der Waals surface area contributed by atoms with Crippen molar-refractivity contribution in [1.82, 2.24) is 10.2 Å². The second kappa shape index (κ2) is 13.0. The van der Waals surface area contributed by atoms with Gasteiger partial charge in [0.05, 0.1) is 32.0 Å². The number of nitrogen functional groups attached to an aromatic ring is 1. The zero-order chi connectivity index (χ0) is 26.1. The molecule has 0 aromatic heterocycles. The van der Waals surface area contributed by atoms with Gasteiger partial charge in [-0.2, -0.15) is 0 Å². The number of ether oxygens (including phenoxy) is 4. The molecule has 9 nitrogen and oxygen atoms in total. The van der Waals surface area contributed by atoms with Crippen LogP contribution in [0.2, 0.25) is 5.02 Å². The Labute approximate surface area is 216 Å². The number of esters is 1. The zero-order valence-corrected chi connectivity index (χ0v) is 21.5. The molecule has 0 atom stereocenters. The number of hydrogen-bond acceptors (Lipinski definition) is 8. The predicted molar refractivity (Wildman–Crippen MR) is 139 cm³/mol. The molecule has 1 aliphatic rings. The van der Waals surface area contributed by atoms with E-state index in [4.69, 9.17) is 36.3 Å². The Morgan fingerprint density at radius 2 is 1.81 bits per heavy atom. The minimum absolute atomic E-state index is 0.0781. The molecule has 1 aliphatic heterocycles. The molecule has 2 aromatic rings. The Bertz CT molecular complexity index is 1100. The molecule has 0 bridgehead atoms. The Hall–Kier alpha value is -3.43. The molecule has 0 aliphatic carbocycles. The van der Waals surface area contributed by atoms with E-state index in [0.717, 1.165) is 31.5 Å². The lowest BCUT2D eigenvalue weighted by Gasteiger charge is -2.31. The summed E-state index contributed by atoms with van der Waals surface area (Å²) in [5.41, 5.74) is 7.08. The first-order valence-corrected chi connectivity index (χ1v) is 12.0. The third-order valence-electron chi connectivity index (χ3n) is 5.96. The molecule has 1 fully saturated rings. The molecular formula is C26H32ClN3O6. The van der Waals surface area contributed by atoms with Crippen LogP contribution in [0.1, 0.15) is 28.8 Å². The fraction of sp³-hybridized carbons (Fsp3) is 0.385. The summed E-state index contributed by atoms with van der Waals surface area (Å²) in [6.45, 7) is 2.39. The fourth-order valence-electron chi connectivity index (χ4n) is 3.93. The first kappa shape index (κ1) is 27.2. The van der Waals surface area contributed by atoms with Crippen LogP contribution in [-0.2, 0) is 9.53 Å². The highest BCUT2D eigenvalue weighted by atomic mass is 35.5. The van der Waals surface area contributed by atoms with Crippen molar-refractivity contribution in [3.05, 3.63) is 52.6 Å². The van der Waals surface area contributed by atoms with Gasteiger partial charge >= 0.3 is 5.97 Å². The molecule has 2 aromatic carbocycles. The van der Waals surface area contributed by atoms with Gasteiger partial charge in [0.2, 0.25) is 5.91 Å². The van der Waals surface area contributed by atoms with Crippen molar-refractivity contribution >= 4 is 35.2 Å². The monoisotopic (exact) mass is 517 g/mol. The first-order valence-electron chi connectivity index (χ1n) is 11.6. The Kier molecular flexibility index (Phi) is 9.84. The van der Waals surface area contributed by atoms with E-state index in [1.165, 1.54) is 25.3 Å². The smallest absolute Gasteiger partial charge is 0.342 e. The molecular weight excluding hydrogens is 486 g/mol. The lowest BCUT2D eigenvalue weighted by atomic mass is 10.0. The number of piperidine rings is 1. The van der Waals surface area contributed by atoms with E-state index in [-0.39, 0.29) is 29.1 Å². The van der Waals surface area contributed by atoms with Gasteiger partial charge in [0.25, 0.3) is 0 Å². The highest BCUT2D eigenvalue weighted by Crippen LogP contribution is 2.29. The minimum atomic E-state index is -0.518. The molecule has 194 valence electrons. The van der Waals surface area contributed by atoms with Crippen molar-refractivity contribution in [2.45, 2.75) is 18.9 Å².